The SMILES string of the molecule is CC(C)c1ccc(CCB2OC(C)(C)C(C)(C)O2)cc1. The van der Waals surface area contributed by atoms with Gasteiger partial charge in [0.05, 0.1) is 11.2 Å². The molecule has 2 nitrogen and oxygen atoms in total. The van der Waals surface area contributed by atoms with Crippen LogP contribution in [0.15, 0.2) is 24.3 Å². The van der Waals surface area contributed by atoms with Crippen molar-refractivity contribution in [3.63, 3.8) is 0 Å². The molecule has 0 spiro atoms. The Bertz CT molecular complexity index is 433. The zero-order chi connectivity index (χ0) is 15.0. The van der Waals surface area contributed by atoms with E-state index in [2.05, 4.69) is 65.8 Å². The molecule has 0 aromatic heterocycles. The van der Waals surface area contributed by atoms with Gasteiger partial charge < -0.3 is 9.31 Å². The fourth-order valence-electron chi connectivity index (χ4n) is 2.44. The van der Waals surface area contributed by atoms with E-state index in [0.29, 0.717) is 5.92 Å². The Balaban J connectivity index is 1.90. The molecule has 1 fully saturated rings. The first-order valence-corrected chi connectivity index (χ1v) is 7.66. The van der Waals surface area contributed by atoms with Gasteiger partial charge in [-0.3, -0.25) is 0 Å². The average Bonchev–Trinajstić information content (AvgIpc) is 2.56. The molecule has 1 aromatic carbocycles. The van der Waals surface area contributed by atoms with Gasteiger partial charge >= 0.3 is 7.12 Å². The molecule has 0 atom stereocenters. The highest BCUT2D eigenvalue weighted by Gasteiger charge is 2.50. The molecule has 1 aliphatic heterocycles. The van der Waals surface area contributed by atoms with E-state index < -0.39 is 0 Å². The Labute approximate surface area is 124 Å². The molecular weight excluding hydrogens is 247 g/mol. The molecule has 110 valence electrons. The number of aryl methyl sites for hydroxylation is 1. The van der Waals surface area contributed by atoms with Gasteiger partial charge in [-0.2, -0.15) is 0 Å². The van der Waals surface area contributed by atoms with Gasteiger partial charge in [-0.05, 0) is 57.5 Å². The van der Waals surface area contributed by atoms with Crippen LogP contribution in [0.2, 0.25) is 6.32 Å². The first-order chi connectivity index (χ1) is 9.21. The van der Waals surface area contributed by atoms with Crippen LogP contribution in [0.1, 0.15) is 58.6 Å². The van der Waals surface area contributed by atoms with E-state index in [1.807, 2.05) is 0 Å². The maximum absolute atomic E-state index is 6.03. The zero-order valence-corrected chi connectivity index (χ0v) is 13.7. The first kappa shape index (κ1) is 15.6. The normalized spacial score (nSPS) is 20.6. The Kier molecular flexibility index (Phi) is 4.31. The Morgan fingerprint density at radius 1 is 0.950 bits per heavy atom. The molecule has 0 unspecified atom stereocenters. The van der Waals surface area contributed by atoms with Crippen molar-refractivity contribution in [1.82, 2.24) is 0 Å². The molecule has 1 saturated heterocycles. The van der Waals surface area contributed by atoms with E-state index in [0.717, 1.165) is 12.7 Å². The van der Waals surface area contributed by atoms with Crippen LogP contribution in [-0.4, -0.2) is 18.3 Å². The summed E-state index contributed by atoms with van der Waals surface area (Å²) in [5.41, 5.74) is 2.30. The molecule has 2 rings (SSSR count). The summed E-state index contributed by atoms with van der Waals surface area (Å²) in [6.07, 6.45) is 1.91. The van der Waals surface area contributed by atoms with Gasteiger partial charge in [-0.1, -0.05) is 38.1 Å². The van der Waals surface area contributed by atoms with Gasteiger partial charge in [-0.25, -0.2) is 0 Å². The zero-order valence-electron chi connectivity index (χ0n) is 13.7. The van der Waals surface area contributed by atoms with Crippen molar-refractivity contribution < 1.29 is 9.31 Å². The molecule has 0 N–H and O–H groups in total. The molecule has 1 aromatic rings. The monoisotopic (exact) mass is 274 g/mol. The number of benzene rings is 1. The summed E-state index contributed by atoms with van der Waals surface area (Å²) >= 11 is 0. The highest BCUT2D eigenvalue weighted by molar-refractivity contribution is 6.45. The van der Waals surface area contributed by atoms with Gasteiger partial charge in [0.1, 0.15) is 0 Å². The van der Waals surface area contributed by atoms with E-state index >= 15 is 0 Å². The molecule has 0 saturated carbocycles. The Morgan fingerprint density at radius 2 is 1.45 bits per heavy atom. The van der Waals surface area contributed by atoms with Crippen LogP contribution in [0, 0.1) is 0 Å². The maximum Gasteiger partial charge on any atom is 0.458 e. The minimum atomic E-state index is -0.223. The summed E-state index contributed by atoms with van der Waals surface area (Å²) in [5, 5.41) is 0. The molecule has 0 amide bonds. The van der Waals surface area contributed by atoms with Crippen LogP contribution >= 0.6 is 0 Å². The van der Waals surface area contributed by atoms with Crippen molar-refractivity contribution in [2.75, 3.05) is 0 Å². The van der Waals surface area contributed by atoms with Gasteiger partial charge in [0.25, 0.3) is 0 Å². The largest absolute Gasteiger partial charge is 0.458 e. The number of rotatable bonds is 4. The maximum atomic E-state index is 6.03. The summed E-state index contributed by atoms with van der Waals surface area (Å²) in [5.74, 6) is 0.590. The lowest BCUT2D eigenvalue weighted by Crippen LogP contribution is -2.41. The second-order valence-electron chi connectivity index (χ2n) is 7.12. The molecule has 3 heteroatoms. The van der Waals surface area contributed by atoms with Crippen LogP contribution < -0.4 is 0 Å². The third-order valence-corrected chi connectivity index (χ3v) is 4.62. The van der Waals surface area contributed by atoms with Crippen LogP contribution in [-0.2, 0) is 15.7 Å². The minimum absolute atomic E-state index is 0.0928. The Hall–Kier alpha value is -0.795. The van der Waals surface area contributed by atoms with Gasteiger partial charge in [0, 0.05) is 0 Å². The molecular formula is C17H27BO2. The minimum Gasteiger partial charge on any atom is -0.403 e. The van der Waals surface area contributed by atoms with Crippen molar-refractivity contribution in [2.45, 2.75) is 71.4 Å². The fourth-order valence-corrected chi connectivity index (χ4v) is 2.44. The summed E-state index contributed by atoms with van der Waals surface area (Å²) < 4.78 is 12.1. The summed E-state index contributed by atoms with van der Waals surface area (Å²) in [6, 6.07) is 8.90. The topological polar surface area (TPSA) is 18.5 Å². The van der Waals surface area contributed by atoms with E-state index in [4.69, 9.17) is 9.31 Å². The molecule has 0 radical (unpaired) electrons. The molecule has 1 aliphatic rings. The summed E-state index contributed by atoms with van der Waals surface area (Å²) in [4.78, 5) is 0. The standard InChI is InChI=1S/C17H27BO2/c1-13(2)15-9-7-14(8-10-15)11-12-18-19-16(3,4)17(5,6)20-18/h7-10,13H,11-12H2,1-6H3. The van der Waals surface area contributed by atoms with Gasteiger partial charge in [0.15, 0.2) is 0 Å². The van der Waals surface area contributed by atoms with Gasteiger partial charge in [-0.15, -0.1) is 0 Å². The van der Waals surface area contributed by atoms with E-state index in [-0.39, 0.29) is 18.3 Å². The molecule has 0 aliphatic carbocycles. The fraction of sp³-hybridized carbons (Fsp3) is 0.647. The second-order valence-corrected chi connectivity index (χ2v) is 7.12. The van der Waals surface area contributed by atoms with Crippen molar-refractivity contribution in [1.29, 1.82) is 0 Å². The highest BCUT2D eigenvalue weighted by atomic mass is 16.7. The van der Waals surface area contributed by atoms with Crippen LogP contribution in [0.5, 0.6) is 0 Å². The van der Waals surface area contributed by atoms with Crippen molar-refractivity contribution in [3.05, 3.63) is 35.4 Å². The summed E-state index contributed by atoms with van der Waals surface area (Å²) in [6.45, 7) is 12.8. The second kappa shape index (κ2) is 5.53. The highest BCUT2D eigenvalue weighted by Crippen LogP contribution is 2.37. The number of hydrogen-bond acceptors (Lipinski definition) is 2. The Morgan fingerprint density at radius 3 is 1.90 bits per heavy atom. The molecule has 20 heavy (non-hydrogen) atoms. The smallest absolute Gasteiger partial charge is 0.403 e. The predicted molar refractivity (Wildman–Crippen MR) is 85.1 cm³/mol. The first-order valence-electron chi connectivity index (χ1n) is 7.66. The predicted octanol–water partition coefficient (Wildman–Crippen LogP) is 4.44. The lowest BCUT2D eigenvalue weighted by Gasteiger charge is -2.32. The third kappa shape index (κ3) is 3.26. The van der Waals surface area contributed by atoms with Gasteiger partial charge in [0.2, 0.25) is 0 Å². The lowest BCUT2D eigenvalue weighted by molar-refractivity contribution is 0.00578. The average molecular weight is 274 g/mol. The van der Waals surface area contributed by atoms with E-state index in [9.17, 15) is 0 Å². The number of hydrogen-bond donors (Lipinski definition) is 0. The summed E-state index contributed by atoms with van der Waals surface area (Å²) in [7, 11) is -0.0928. The van der Waals surface area contributed by atoms with E-state index in [1.165, 1.54) is 11.1 Å². The third-order valence-electron chi connectivity index (χ3n) is 4.62. The van der Waals surface area contributed by atoms with Crippen LogP contribution in [0.25, 0.3) is 0 Å². The quantitative estimate of drug-likeness (QED) is 0.755. The molecule has 0 bridgehead atoms. The van der Waals surface area contributed by atoms with Crippen molar-refractivity contribution in [2.24, 2.45) is 0 Å². The van der Waals surface area contributed by atoms with E-state index in [1.54, 1.807) is 0 Å². The molecule has 1 heterocycles. The lowest BCUT2D eigenvalue weighted by atomic mass is 9.81. The van der Waals surface area contributed by atoms with Crippen molar-refractivity contribution >= 4 is 7.12 Å². The van der Waals surface area contributed by atoms with Crippen molar-refractivity contribution in [3.8, 4) is 0 Å². The van der Waals surface area contributed by atoms with Crippen LogP contribution in [0.4, 0.5) is 0 Å². The van der Waals surface area contributed by atoms with Crippen LogP contribution in [0.3, 0.4) is 0 Å².